The number of nitrogens with zero attached hydrogens (tertiary/aromatic N) is 1. The third kappa shape index (κ3) is 3.87. The van der Waals surface area contributed by atoms with E-state index in [0.717, 1.165) is 30.2 Å². The van der Waals surface area contributed by atoms with Gasteiger partial charge in [-0.25, -0.2) is 0 Å². The van der Waals surface area contributed by atoms with Gasteiger partial charge in [-0.3, -0.25) is 4.79 Å². The highest BCUT2D eigenvalue weighted by atomic mass is 35.5. The van der Waals surface area contributed by atoms with Crippen molar-refractivity contribution >= 4 is 23.3 Å². The Balaban J connectivity index is 1.91. The first kappa shape index (κ1) is 15.1. The summed E-state index contributed by atoms with van der Waals surface area (Å²) in [6.45, 7) is 4.51. The van der Waals surface area contributed by atoms with Gasteiger partial charge in [0.15, 0.2) is 0 Å². The van der Waals surface area contributed by atoms with Crippen LogP contribution in [-0.2, 0) is 4.79 Å². The molecule has 2 N–H and O–H groups in total. The van der Waals surface area contributed by atoms with Crippen LogP contribution in [0, 0.1) is 5.92 Å². The predicted molar refractivity (Wildman–Crippen MR) is 81.5 cm³/mol. The van der Waals surface area contributed by atoms with E-state index in [9.17, 15) is 9.90 Å². The molecule has 1 fully saturated rings. The molecule has 0 amide bonds. The SMILES string of the molecule is CCNC(CC1CCN(c2ccc(Cl)cc2)C1)C(=O)O. The van der Waals surface area contributed by atoms with Crippen molar-refractivity contribution in [1.29, 1.82) is 0 Å². The monoisotopic (exact) mass is 296 g/mol. The lowest BCUT2D eigenvalue weighted by Gasteiger charge is -2.20. The molecule has 2 unspecified atom stereocenters. The molecule has 0 spiro atoms. The summed E-state index contributed by atoms with van der Waals surface area (Å²) in [5, 5.41) is 13.0. The minimum atomic E-state index is -0.753. The number of aliphatic carboxylic acids is 1. The van der Waals surface area contributed by atoms with Crippen molar-refractivity contribution in [1.82, 2.24) is 5.32 Å². The molecule has 1 saturated heterocycles. The van der Waals surface area contributed by atoms with Gasteiger partial charge in [0.2, 0.25) is 0 Å². The fraction of sp³-hybridized carbons (Fsp3) is 0.533. The van der Waals surface area contributed by atoms with Crippen LogP contribution in [0.4, 0.5) is 5.69 Å². The third-order valence-electron chi connectivity index (χ3n) is 3.80. The summed E-state index contributed by atoms with van der Waals surface area (Å²) in [6.07, 6.45) is 1.73. The van der Waals surface area contributed by atoms with Gasteiger partial charge in [-0.15, -0.1) is 0 Å². The van der Waals surface area contributed by atoms with Gasteiger partial charge in [0.25, 0.3) is 0 Å². The van der Waals surface area contributed by atoms with Crippen LogP contribution in [0.15, 0.2) is 24.3 Å². The fourth-order valence-corrected chi connectivity index (χ4v) is 2.89. The predicted octanol–water partition coefficient (Wildman–Crippen LogP) is 2.62. The number of rotatable bonds is 6. The van der Waals surface area contributed by atoms with Gasteiger partial charge in [-0.1, -0.05) is 18.5 Å². The van der Waals surface area contributed by atoms with Crippen molar-refractivity contribution in [2.24, 2.45) is 5.92 Å². The Bertz CT molecular complexity index is 450. The Kier molecular flexibility index (Phi) is 5.26. The Labute approximate surface area is 124 Å². The zero-order chi connectivity index (χ0) is 14.5. The molecule has 1 aliphatic rings. The number of hydrogen-bond donors (Lipinski definition) is 2. The minimum absolute atomic E-state index is 0.422. The maximum Gasteiger partial charge on any atom is 0.320 e. The van der Waals surface area contributed by atoms with Crippen LogP contribution < -0.4 is 10.2 Å². The van der Waals surface area contributed by atoms with Gasteiger partial charge in [-0.05, 0) is 49.6 Å². The van der Waals surface area contributed by atoms with E-state index in [2.05, 4.69) is 10.2 Å². The second-order valence-electron chi connectivity index (χ2n) is 5.26. The van der Waals surface area contributed by atoms with E-state index >= 15 is 0 Å². The van der Waals surface area contributed by atoms with Crippen molar-refractivity contribution in [3.8, 4) is 0 Å². The topological polar surface area (TPSA) is 52.6 Å². The van der Waals surface area contributed by atoms with E-state index in [0.29, 0.717) is 18.9 Å². The number of nitrogens with one attached hydrogen (secondary N) is 1. The van der Waals surface area contributed by atoms with Crippen molar-refractivity contribution in [3.63, 3.8) is 0 Å². The number of anilines is 1. The van der Waals surface area contributed by atoms with E-state index in [1.165, 1.54) is 0 Å². The number of benzene rings is 1. The summed E-state index contributed by atoms with van der Waals surface area (Å²) < 4.78 is 0. The quantitative estimate of drug-likeness (QED) is 0.847. The zero-order valence-corrected chi connectivity index (χ0v) is 12.4. The second kappa shape index (κ2) is 6.95. The maximum atomic E-state index is 11.2. The van der Waals surface area contributed by atoms with E-state index in [-0.39, 0.29) is 0 Å². The fourth-order valence-electron chi connectivity index (χ4n) is 2.76. The smallest absolute Gasteiger partial charge is 0.320 e. The Morgan fingerprint density at radius 3 is 2.80 bits per heavy atom. The van der Waals surface area contributed by atoms with Gasteiger partial charge < -0.3 is 15.3 Å². The Hall–Kier alpha value is -1.26. The van der Waals surface area contributed by atoms with Crippen LogP contribution in [0.25, 0.3) is 0 Å². The van der Waals surface area contributed by atoms with Gasteiger partial charge in [0.05, 0.1) is 0 Å². The molecule has 1 aliphatic heterocycles. The molecule has 0 radical (unpaired) electrons. The first-order chi connectivity index (χ1) is 9.60. The van der Waals surface area contributed by atoms with E-state index in [1.54, 1.807) is 0 Å². The highest BCUT2D eigenvalue weighted by Gasteiger charge is 2.27. The van der Waals surface area contributed by atoms with Crippen LogP contribution in [-0.4, -0.2) is 36.8 Å². The zero-order valence-electron chi connectivity index (χ0n) is 11.7. The first-order valence-corrected chi connectivity index (χ1v) is 7.44. The molecule has 2 rings (SSSR count). The number of halogens is 1. The molecule has 0 saturated carbocycles. The van der Waals surface area contributed by atoms with Gasteiger partial charge in [0, 0.05) is 23.8 Å². The minimum Gasteiger partial charge on any atom is -0.480 e. The van der Waals surface area contributed by atoms with Crippen molar-refractivity contribution in [2.75, 3.05) is 24.5 Å². The highest BCUT2D eigenvalue weighted by molar-refractivity contribution is 6.30. The molecule has 1 aromatic rings. The Morgan fingerprint density at radius 1 is 1.50 bits per heavy atom. The highest BCUT2D eigenvalue weighted by Crippen LogP contribution is 2.27. The summed E-state index contributed by atoms with van der Waals surface area (Å²) in [5.74, 6) is -0.331. The molecule has 0 aromatic heterocycles. The normalized spacial score (nSPS) is 20.1. The van der Waals surface area contributed by atoms with Crippen LogP contribution in [0.2, 0.25) is 5.02 Å². The summed E-state index contributed by atoms with van der Waals surface area (Å²) in [6, 6.07) is 7.38. The third-order valence-corrected chi connectivity index (χ3v) is 4.05. The van der Waals surface area contributed by atoms with Crippen molar-refractivity contribution in [3.05, 3.63) is 29.3 Å². The standard InChI is InChI=1S/C15H21ClN2O2/c1-2-17-14(15(19)20)9-11-7-8-18(10-11)13-5-3-12(16)4-6-13/h3-6,11,14,17H,2,7-10H2,1H3,(H,19,20). The summed E-state index contributed by atoms with van der Waals surface area (Å²) in [4.78, 5) is 13.5. The number of carbonyl (C=O) groups is 1. The molecule has 0 aliphatic carbocycles. The molecular weight excluding hydrogens is 276 g/mol. The molecule has 1 aromatic carbocycles. The van der Waals surface area contributed by atoms with Crippen LogP contribution in [0.3, 0.4) is 0 Å². The van der Waals surface area contributed by atoms with Crippen LogP contribution in [0.1, 0.15) is 19.8 Å². The molecule has 4 nitrogen and oxygen atoms in total. The van der Waals surface area contributed by atoms with Crippen molar-refractivity contribution in [2.45, 2.75) is 25.8 Å². The van der Waals surface area contributed by atoms with Gasteiger partial charge >= 0.3 is 5.97 Å². The molecule has 5 heteroatoms. The van der Waals surface area contributed by atoms with E-state index in [4.69, 9.17) is 11.6 Å². The lowest BCUT2D eigenvalue weighted by molar-refractivity contribution is -0.139. The van der Waals surface area contributed by atoms with Crippen molar-refractivity contribution < 1.29 is 9.90 Å². The first-order valence-electron chi connectivity index (χ1n) is 7.07. The summed E-state index contributed by atoms with van der Waals surface area (Å²) in [5.41, 5.74) is 1.16. The average molecular weight is 297 g/mol. The molecule has 20 heavy (non-hydrogen) atoms. The van der Waals surface area contributed by atoms with E-state index in [1.807, 2.05) is 31.2 Å². The number of carboxylic acid groups (broad SMARTS) is 1. The number of carboxylic acids is 1. The molecule has 110 valence electrons. The molecular formula is C15H21ClN2O2. The number of likely N-dealkylation sites (N-methyl/N-ethyl adjacent to an activating group) is 1. The largest absolute Gasteiger partial charge is 0.480 e. The van der Waals surface area contributed by atoms with Gasteiger partial charge in [-0.2, -0.15) is 0 Å². The Morgan fingerprint density at radius 2 is 2.20 bits per heavy atom. The van der Waals surface area contributed by atoms with Gasteiger partial charge in [0.1, 0.15) is 6.04 Å². The number of hydrogen-bond acceptors (Lipinski definition) is 3. The average Bonchev–Trinajstić information content (AvgIpc) is 2.87. The lowest BCUT2D eigenvalue weighted by Crippen LogP contribution is -2.38. The summed E-state index contributed by atoms with van der Waals surface area (Å²) >= 11 is 5.89. The van der Waals surface area contributed by atoms with Crippen LogP contribution >= 0.6 is 11.6 Å². The summed E-state index contributed by atoms with van der Waals surface area (Å²) in [7, 11) is 0. The van der Waals surface area contributed by atoms with Crippen LogP contribution in [0.5, 0.6) is 0 Å². The molecule has 2 atom stereocenters. The van der Waals surface area contributed by atoms with E-state index < -0.39 is 12.0 Å². The molecule has 0 bridgehead atoms. The molecule has 1 heterocycles. The second-order valence-corrected chi connectivity index (χ2v) is 5.70. The maximum absolute atomic E-state index is 11.2. The lowest BCUT2D eigenvalue weighted by atomic mass is 9.99.